The van der Waals surface area contributed by atoms with Crippen LogP contribution in [0.3, 0.4) is 0 Å². The zero-order valence-electron chi connectivity index (χ0n) is 9.60. The maximum Gasteiger partial charge on any atom is 0.339 e. The van der Waals surface area contributed by atoms with E-state index in [2.05, 4.69) is 10.3 Å². The number of sulfone groups is 1. The molecule has 0 spiro atoms. The molecule has 0 unspecified atom stereocenters. The van der Waals surface area contributed by atoms with Crippen LogP contribution in [0.5, 0.6) is 0 Å². The molecule has 1 aromatic rings. The van der Waals surface area contributed by atoms with E-state index in [9.17, 15) is 13.2 Å². The fraction of sp³-hybridized carbons (Fsp3) is 0.400. The van der Waals surface area contributed by atoms with Gasteiger partial charge in [-0.2, -0.15) is 0 Å². The van der Waals surface area contributed by atoms with E-state index in [0.29, 0.717) is 11.4 Å². The standard InChI is InChI=1S/C10H14N2O4S/c1-7-5-9(8(6-12-7)10(13)14)11-3-4-17(2,15)16/h5-6H,3-4H2,1-2H3,(H,11,12)(H,13,14). The van der Waals surface area contributed by atoms with Crippen molar-refractivity contribution < 1.29 is 18.3 Å². The molecule has 1 heterocycles. The van der Waals surface area contributed by atoms with Crippen LogP contribution in [-0.4, -0.2) is 43.0 Å². The third kappa shape index (κ3) is 4.39. The summed E-state index contributed by atoms with van der Waals surface area (Å²) in [4.78, 5) is 14.8. The molecule has 1 rings (SSSR count). The van der Waals surface area contributed by atoms with Gasteiger partial charge in [0.25, 0.3) is 0 Å². The highest BCUT2D eigenvalue weighted by molar-refractivity contribution is 7.90. The molecule has 0 amide bonds. The number of anilines is 1. The summed E-state index contributed by atoms with van der Waals surface area (Å²) in [5, 5.41) is 11.7. The first-order valence-electron chi connectivity index (χ1n) is 4.91. The van der Waals surface area contributed by atoms with E-state index in [1.54, 1.807) is 13.0 Å². The quantitative estimate of drug-likeness (QED) is 0.800. The number of nitrogens with one attached hydrogen (secondary N) is 1. The maximum atomic E-state index is 10.9. The van der Waals surface area contributed by atoms with Crippen LogP contribution in [-0.2, 0) is 9.84 Å². The highest BCUT2D eigenvalue weighted by atomic mass is 32.2. The molecule has 2 N–H and O–H groups in total. The average molecular weight is 258 g/mol. The summed E-state index contributed by atoms with van der Waals surface area (Å²) < 4.78 is 21.9. The first-order chi connectivity index (χ1) is 7.79. The summed E-state index contributed by atoms with van der Waals surface area (Å²) in [7, 11) is -3.06. The summed E-state index contributed by atoms with van der Waals surface area (Å²) in [5.74, 6) is -1.15. The molecule has 7 heteroatoms. The lowest BCUT2D eigenvalue weighted by Crippen LogP contribution is -2.16. The van der Waals surface area contributed by atoms with Crippen molar-refractivity contribution in [1.29, 1.82) is 0 Å². The van der Waals surface area contributed by atoms with Gasteiger partial charge in [0.15, 0.2) is 0 Å². The van der Waals surface area contributed by atoms with Crippen molar-refractivity contribution >= 4 is 21.5 Å². The second-order valence-corrected chi connectivity index (χ2v) is 5.99. The molecule has 0 bridgehead atoms. The zero-order chi connectivity index (χ0) is 13.1. The van der Waals surface area contributed by atoms with Crippen LogP contribution in [0.25, 0.3) is 0 Å². The molecule has 0 aliphatic rings. The van der Waals surface area contributed by atoms with E-state index < -0.39 is 15.8 Å². The number of carboxylic acid groups (broad SMARTS) is 1. The van der Waals surface area contributed by atoms with Gasteiger partial charge in [0.05, 0.1) is 11.4 Å². The van der Waals surface area contributed by atoms with Crippen molar-refractivity contribution in [2.45, 2.75) is 6.92 Å². The number of aromatic nitrogens is 1. The molecule has 94 valence electrons. The molecule has 6 nitrogen and oxygen atoms in total. The molecule has 1 aromatic heterocycles. The second-order valence-electron chi connectivity index (χ2n) is 3.73. The topological polar surface area (TPSA) is 96.4 Å². The van der Waals surface area contributed by atoms with E-state index >= 15 is 0 Å². The van der Waals surface area contributed by atoms with Gasteiger partial charge in [0.1, 0.15) is 15.4 Å². The average Bonchev–Trinajstić information content (AvgIpc) is 2.15. The predicted molar refractivity (Wildman–Crippen MR) is 64.1 cm³/mol. The summed E-state index contributed by atoms with van der Waals surface area (Å²) in [6.45, 7) is 1.90. The predicted octanol–water partition coefficient (Wildman–Crippen LogP) is 0.545. The Morgan fingerprint density at radius 3 is 2.71 bits per heavy atom. The lowest BCUT2D eigenvalue weighted by atomic mass is 10.2. The van der Waals surface area contributed by atoms with E-state index in [4.69, 9.17) is 5.11 Å². The molecular formula is C10H14N2O4S. The molecular weight excluding hydrogens is 244 g/mol. The van der Waals surface area contributed by atoms with Gasteiger partial charge in [0, 0.05) is 24.7 Å². The summed E-state index contributed by atoms with van der Waals surface area (Å²) in [5.41, 5.74) is 1.08. The summed E-state index contributed by atoms with van der Waals surface area (Å²) in [6.07, 6.45) is 2.38. The Bertz CT molecular complexity index is 525. The Balaban J connectivity index is 2.82. The monoisotopic (exact) mass is 258 g/mol. The lowest BCUT2D eigenvalue weighted by Gasteiger charge is -2.09. The van der Waals surface area contributed by atoms with E-state index in [1.807, 2.05) is 0 Å². The highest BCUT2D eigenvalue weighted by Crippen LogP contribution is 2.15. The SMILES string of the molecule is Cc1cc(NCCS(C)(=O)=O)c(C(=O)O)cn1. The van der Waals surface area contributed by atoms with Crippen LogP contribution >= 0.6 is 0 Å². The maximum absolute atomic E-state index is 10.9. The molecule has 0 aliphatic heterocycles. The Kier molecular flexibility index (Phi) is 4.06. The van der Waals surface area contributed by atoms with Crippen molar-refractivity contribution in [1.82, 2.24) is 4.98 Å². The van der Waals surface area contributed by atoms with Gasteiger partial charge in [-0.25, -0.2) is 13.2 Å². The zero-order valence-corrected chi connectivity index (χ0v) is 10.4. The third-order valence-electron chi connectivity index (χ3n) is 2.06. The molecule has 0 aromatic carbocycles. The number of rotatable bonds is 5. The molecule has 0 aliphatic carbocycles. The number of carbonyl (C=O) groups is 1. The lowest BCUT2D eigenvalue weighted by molar-refractivity contribution is 0.0697. The van der Waals surface area contributed by atoms with Gasteiger partial charge in [-0.3, -0.25) is 4.98 Å². The largest absolute Gasteiger partial charge is 0.478 e. The van der Waals surface area contributed by atoms with Gasteiger partial charge in [0.2, 0.25) is 0 Å². The van der Waals surface area contributed by atoms with Gasteiger partial charge < -0.3 is 10.4 Å². The smallest absolute Gasteiger partial charge is 0.339 e. The molecule has 0 atom stereocenters. The number of carboxylic acids is 1. The third-order valence-corrected chi connectivity index (χ3v) is 3.01. The fourth-order valence-corrected chi connectivity index (χ4v) is 1.72. The molecule has 0 radical (unpaired) electrons. The minimum absolute atomic E-state index is 0.0316. The van der Waals surface area contributed by atoms with Crippen LogP contribution in [0.2, 0.25) is 0 Å². The van der Waals surface area contributed by atoms with Crippen molar-refractivity contribution in [3.63, 3.8) is 0 Å². The Morgan fingerprint density at radius 2 is 2.18 bits per heavy atom. The van der Waals surface area contributed by atoms with Crippen molar-refractivity contribution in [3.05, 3.63) is 23.5 Å². The van der Waals surface area contributed by atoms with E-state index in [1.165, 1.54) is 6.20 Å². The first kappa shape index (κ1) is 13.4. The second kappa shape index (κ2) is 5.13. The minimum atomic E-state index is -3.06. The van der Waals surface area contributed by atoms with Gasteiger partial charge in [-0.1, -0.05) is 0 Å². The fourth-order valence-electron chi connectivity index (χ4n) is 1.25. The van der Waals surface area contributed by atoms with Crippen LogP contribution < -0.4 is 5.32 Å². The van der Waals surface area contributed by atoms with E-state index in [-0.39, 0.29) is 17.9 Å². The van der Waals surface area contributed by atoms with Crippen LogP contribution in [0.4, 0.5) is 5.69 Å². The van der Waals surface area contributed by atoms with Gasteiger partial charge >= 0.3 is 5.97 Å². The van der Waals surface area contributed by atoms with Crippen molar-refractivity contribution in [3.8, 4) is 0 Å². The summed E-state index contributed by atoms with van der Waals surface area (Å²) in [6, 6.07) is 1.58. The highest BCUT2D eigenvalue weighted by Gasteiger charge is 2.11. The Labute approximate surface area is 99.6 Å². The Morgan fingerprint density at radius 1 is 1.53 bits per heavy atom. The molecule has 17 heavy (non-hydrogen) atoms. The van der Waals surface area contributed by atoms with Crippen molar-refractivity contribution in [2.75, 3.05) is 23.9 Å². The van der Waals surface area contributed by atoms with Crippen molar-refractivity contribution in [2.24, 2.45) is 0 Å². The Hall–Kier alpha value is -1.63. The minimum Gasteiger partial charge on any atom is -0.478 e. The van der Waals surface area contributed by atoms with Gasteiger partial charge in [-0.15, -0.1) is 0 Å². The first-order valence-corrected chi connectivity index (χ1v) is 6.97. The number of hydrogen-bond donors (Lipinski definition) is 2. The molecule has 0 saturated heterocycles. The number of nitrogens with zero attached hydrogens (tertiary/aromatic N) is 1. The van der Waals surface area contributed by atoms with Crippen LogP contribution in [0.15, 0.2) is 12.3 Å². The van der Waals surface area contributed by atoms with E-state index in [0.717, 1.165) is 6.26 Å². The summed E-state index contributed by atoms with van der Waals surface area (Å²) >= 11 is 0. The number of aryl methyl sites for hydroxylation is 1. The number of aromatic carboxylic acids is 1. The van der Waals surface area contributed by atoms with Crippen LogP contribution in [0.1, 0.15) is 16.1 Å². The van der Waals surface area contributed by atoms with Gasteiger partial charge in [-0.05, 0) is 13.0 Å². The molecule has 0 fully saturated rings. The molecule has 0 saturated carbocycles. The normalized spacial score (nSPS) is 11.2. The number of pyridine rings is 1. The number of hydrogen-bond acceptors (Lipinski definition) is 5. The van der Waals surface area contributed by atoms with Crippen LogP contribution in [0, 0.1) is 6.92 Å².